The quantitative estimate of drug-likeness (QED) is 0.777. The summed E-state index contributed by atoms with van der Waals surface area (Å²) in [4.78, 5) is 34.0. The van der Waals surface area contributed by atoms with Gasteiger partial charge in [0.15, 0.2) is 18.0 Å². The Morgan fingerprint density at radius 3 is 2.65 bits per heavy atom. The number of rotatable bonds is 3. The molecule has 3 heterocycles. The Kier molecular flexibility index (Phi) is 3.57. The highest BCUT2D eigenvalue weighted by molar-refractivity contribution is 6.05. The topological polar surface area (TPSA) is 65.5 Å². The van der Waals surface area contributed by atoms with E-state index in [1.807, 2.05) is 0 Å². The van der Waals surface area contributed by atoms with Crippen molar-refractivity contribution >= 4 is 23.7 Å². The van der Waals surface area contributed by atoms with Gasteiger partial charge in [-0.15, -0.1) is 0 Å². The third-order valence-corrected chi connectivity index (χ3v) is 4.51. The zero-order chi connectivity index (χ0) is 18.6. The molecule has 0 aliphatic carbocycles. The molecule has 134 valence electrons. The number of carbonyl (C=O) groups is 2. The van der Waals surface area contributed by atoms with E-state index in [0.29, 0.717) is 16.9 Å². The van der Waals surface area contributed by atoms with Crippen LogP contribution in [0.25, 0.3) is 5.76 Å². The molecule has 2 atom stereocenters. The number of fused-ring (bicyclic) bond motifs is 3. The molecule has 1 aromatic rings. The molecular formula is C18H17FN4O3. The highest BCUT2D eigenvalue weighted by atomic mass is 19.1. The Labute approximate surface area is 149 Å². The lowest BCUT2D eigenvalue weighted by atomic mass is 10.1. The molecule has 0 spiro atoms. The van der Waals surface area contributed by atoms with E-state index in [2.05, 4.69) is 11.6 Å². The molecule has 0 bridgehead atoms. The maximum atomic E-state index is 13.1. The molecule has 0 saturated carbocycles. The second kappa shape index (κ2) is 5.69. The number of likely N-dealkylation sites (N-methyl/N-ethyl adjacent to an activating group) is 1. The number of hydrogen-bond acceptors (Lipinski definition) is 5. The summed E-state index contributed by atoms with van der Waals surface area (Å²) in [7, 11) is 1.61. The van der Waals surface area contributed by atoms with Crippen LogP contribution in [0.1, 0.15) is 12.5 Å². The van der Waals surface area contributed by atoms with Crippen LogP contribution in [0, 0.1) is 5.82 Å². The third kappa shape index (κ3) is 2.37. The van der Waals surface area contributed by atoms with Gasteiger partial charge in [0, 0.05) is 12.6 Å². The first-order valence-electron chi connectivity index (χ1n) is 8.11. The van der Waals surface area contributed by atoms with E-state index >= 15 is 0 Å². The van der Waals surface area contributed by atoms with Crippen LogP contribution in [0.5, 0.6) is 0 Å². The predicted octanol–water partition coefficient (Wildman–Crippen LogP) is 1.99. The van der Waals surface area contributed by atoms with Crippen molar-refractivity contribution in [3.05, 3.63) is 54.0 Å². The summed E-state index contributed by atoms with van der Waals surface area (Å²) in [6.45, 7) is 5.70. The van der Waals surface area contributed by atoms with E-state index in [-0.39, 0.29) is 24.3 Å². The van der Waals surface area contributed by atoms with Crippen molar-refractivity contribution in [3.63, 3.8) is 0 Å². The van der Waals surface area contributed by atoms with Gasteiger partial charge >= 0.3 is 6.03 Å². The average Bonchev–Trinajstić information content (AvgIpc) is 3.15. The molecule has 0 aromatic heterocycles. The molecule has 0 N–H and O–H groups in total. The minimum Gasteiger partial charge on any atom is -0.423 e. The number of imide groups is 1. The fraction of sp³-hybridized carbons (Fsp3) is 0.278. The van der Waals surface area contributed by atoms with Gasteiger partial charge in [0.05, 0.1) is 12.7 Å². The lowest BCUT2D eigenvalue weighted by Crippen LogP contribution is -2.64. The Morgan fingerprint density at radius 1 is 1.31 bits per heavy atom. The Balaban J connectivity index is 1.65. The first kappa shape index (κ1) is 16.3. The number of nitrogens with zero attached hydrogens (tertiary/aromatic N) is 4. The standard InChI is InChI=1S/C18H17FN4O3/c1-10(2)8-23-16(24)14-15(21(3)18(23)25)20-17-22(14)9-13(26-17)11-4-6-12(19)7-5-11/h4-7,9,14-15H,1,8H2,2-3H3. The van der Waals surface area contributed by atoms with Crippen LogP contribution in [0.2, 0.25) is 0 Å². The summed E-state index contributed by atoms with van der Waals surface area (Å²) in [6.07, 6.45) is 1.02. The Morgan fingerprint density at radius 2 is 2.00 bits per heavy atom. The van der Waals surface area contributed by atoms with E-state index in [1.165, 1.54) is 21.9 Å². The van der Waals surface area contributed by atoms with E-state index < -0.39 is 18.2 Å². The molecule has 3 aliphatic rings. The van der Waals surface area contributed by atoms with Gasteiger partial charge in [-0.25, -0.2) is 14.2 Å². The van der Waals surface area contributed by atoms with Crippen molar-refractivity contribution in [1.82, 2.24) is 14.7 Å². The first-order chi connectivity index (χ1) is 12.4. The number of urea groups is 1. The maximum absolute atomic E-state index is 13.1. The van der Waals surface area contributed by atoms with Gasteiger partial charge in [-0.3, -0.25) is 14.6 Å². The van der Waals surface area contributed by atoms with Crippen LogP contribution in [0.3, 0.4) is 0 Å². The van der Waals surface area contributed by atoms with Gasteiger partial charge in [-0.1, -0.05) is 12.2 Å². The number of aliphatic imine (C=N–C) groups is 1. The van der Waals surface area contributed by atoms with Crippen molar-refractivity contribution in [1.29, 1.82) is 0 Å². The molecule has 1 fully saturated rings. The molecular weight excluding hydrogens is 339 g/mol. The summed E-state index contributed by atoms with van der Waals surface area (Å²) in [5.74, 6) is -0.218. The molecule has 2 unspecified atom stereocenters. The van der Waals surface area contributed by atoms with Gasteiger partial charge in [-0.05, 0) is 31.2 Å². The van der Waals surface area contributed by atoms with Crippen molar-refractivity contribution in [2.75, 3.05) is 13.6 Å². The van der Waals surface area contributed by atoms with Crippen LogP contribution >= 0.6 is 0 Å². The molecule has 3 aliphatic heterocycles. The van der Waals surface area contributed by atoms with E-state index in [0.717, 1.165) is 0 Å². The minimum atomic E-state index is -0.690. The second-order valence-corrected chi connectivity index (χ2v) is 6.55. The van der Waals surface area contributed by atoms with Gasteiger partial charge in [0.25, 0.3) is 11.9 Å². The lowest BCUT2D eigenvalue weighted by molar-refractivity contribution is -0.136. The van der Waals surface area contributed by atoms with Gasteiger partial charge < -0.3 is 9.64 Å². The fourth-order valence-corrected chi connectivity index (χ4v) is 3.24. The van der Waals surface area contributed by atoms with Gasteiger partial charge in [0.1, 0.15) is 5.82 Å². The zero-order valence-corrected chi connectivity index (χ0v) is 14.3. The summed E-state index contributed by atoms with van der Waals surface area (Å²) >= 11 is 0. The monoisotopic (exact) mass is 356 g/mol. The smallest absolute Gasteiger partial charge is 0.328 e. The van der Waals surface area contributed by atoms with Gasteiger partial charge in [-0.2, -0.15) is 0 Å². The van der Waals surface area contributed by atoms with Crippen molar-refractivity contribution in [2.45, 2.75) is 19.1 Å². The predicted molar refractivity (Wildman–Crippen MR) is 92.0 cm³/mol. The van der Waals surface area contributed by atoms with Gasteiger partial charge in [0.2, 0.25) is 0 Å². The highest BCUT2D eigenvalue weighted by Gasteiger charge is 2.54. The van der Waals surface area contributed by atoms with Crippen LogP contribution in [0.4, 0.5) is 9.18 Å². The van der Waals surface area contributed by atoms with E-state index in [9.17, 15) is 14.0 Å². The summed E-state index contributed by atoms with van der Waals surface area (Å²) in [6, 6.07) is 5.00. The normalized spacial score (nSPS) is 24.2. The minimum absolute atomic E-state index is 0.157. The number of carbonyl (C=O) groups excluding carboxylic acids is 2. The molecule has 7 nitrogen and oxygen atoms in total. The molecule has 1 saturated heterocycles. The van der Waals surface area contributed by atoms with Crippen LogP contribution < -0.4 is 0 Å². The fourth-order valence-electron chi connectivity index (χ4n) is 3.24. The van der Waals surface area contributed by atoms with E-state index in [1.54, 1.807) is 37.2 Å². The molecule has 4 rings (SSSR count). The molecule has 1 aromatic carbocycles. The zero-order valence-electron chi connectivity index (χ0n) is 14.3. The average molecular weight is 356 g/mol. The van der Waals surface area contributed by atoms with Crippen molar-refractivity contribution in [2.24, 2.45) is 4.99 Å². The number of benzene rings is 1. The van der Waals surface area contributed by atoms with Crippen LogP contribution in [0.15, 0.2) is 47.6 Å². The summed E-state index contributed by atoms with van der Waals surface area (Å²) in [5, 5.41) is 0. The van der Waals surface area contributed by atoms with Crippen molar-refractivity contribution in [3.8, 4) is 0 Å². The SMILES string of the molecule is C=C(C)CN1C(=O)C2C(N=C3OC(c4ccc(F)cc4)=CN32)N(C)C1=O. The Hall–Kier alpha value is -3.16. The number of amidine groups is 1. The first-order valence-corrected chi connectivity index (χ1v) is 8.11. The lowest BCUT2D eigenvalue weighted by Gasteiger charge is -2.39. The number of halogens is 1. The highest BCUT2D eigenvalue weighted by Crippen LogP contribution is 2.35. The summed E-state index contributed by atoms with van der Waals surface area (Å²) in [5.41, 5.74) is 1.38. The molecule has 26 heavy (non-hydrogen) atoms. The largest absolute Gasteiger partial charge is 0.423 e. The molecule has 0 radical (unpaired) electrons. The van der Waals surface area contributed by atoms with Crippen LogP contribution in [-0.2, 0) is 9.53 Å². The number of amides is 3. The molecule has 3 amide bonds. The summed E-state index contributed by atoms with van der Waals surface area (Å²) < 4.78 is 18.9. The third-order valence-electron chi connectivity index (χ3n) is 4.51. The number of hydrogen-bond donors (Lipinski definition) is 0. The van der Waals surface area contributed by atoms with Crippen LogP contribution in [-0.4, -0.2) is 58.5 Å². The second-order valence-electron chi connectivity index (χ2n) is 6.55. The number of ether oxygens (including phenoxy) is 1. The van der Waals surface area contributed by atoms with Crippen molar-refractivity contribution < 1.29 is 18.7 Å². The van der Waals surface area contributed by atoms with E-state index in [4.69, 9.17) is 4.74 Å². The Bertz CT molecular complexity index is 877. The maximum Gasteiger partial charge on any atom is 0.328 e. The molecule has 8 heteroatoms.